The summed E-state index contributed by atoms with van der Waals surface area (Å²) in [6.45, 7) is 2.75. The van der Waals surface area contributed by atoms with Gasteiger partial charge in [-0.25, -0.2) is 0 Å². The number of aliphatic imine (C=N–C) groups is 1. The molecule has 0 aromatic rings. The van der Waals surface area contributed by atoms with Gasteiger partial charge in [0.15, 0.2) is 5.11 Å². The molecule has 0 amide bonds. The molecule has 0 saturated heterocycles. The van der Waals surface area contributed by atoms with Crippen molar-refractivity contribution in [2.24, 2.45) is 15.8 Å². The minimum atomic E-state index is 0.179. The molecule has 3 N–H and O–H groups in total. The lowest BCUT2D eigenvalue weighted by molar-refractivity contribution is 1.03. The van der Waals surface area contributed by atoms with Crippen molar-refractivity contribution >= 4 is 39.8 Å². The van der Waals surface area contributed by atoms with Gasteiger partial charge in [-0.1, -0.05) is 0 Å². The molecule has 1 aliphatic rings. The number of nitrogens with one attached hydrogen (secondary N) is 1. The van der Waals surface area contributed by atoms with E-state index in [1.54, 1.807) is 11.8 Å². The molecule has 0 atom stereocenters. The molecule has 0 spiro atoms. The standard InChI is InChI=1S/C6H10N4S2/c1-4(9-10-6(7)11)5-8-2-3-12-5/h2-3H2,1H3,(H3,7,10,11). The fourth-order valence-electron chi connectivity index (χ4n) is 0.741. The summed E-state index contributed by atoms with van der Waals surface area (Å²) in [7, 11) is 0. The van der Waals surface area contributed by atoms with Crippen LogP contribution in [0.1, 0.15) is 6.92 Å². The number of nitrogens with two attached hydrogens (primary N) is 1. The Kier molecular flexibility index (Phi) is 3.48. The molecule has 12 heavy (non-hydrogen) atoms. The highest BCUT2D eigenvalue weighted by Gasteiger charge is 2.09. The van der Waals surface area contributed by atoms with Crippen LogP contribution in [0.4, 0.5) is 0 Å². The van der Waals surface area contributed by atoms with Crippen molar-refractivity contribution in [3.8, 4) is 0 Å². The predicted octanol–water partition coefficient (Wildman–Crippen LogP) is 0.341. The van der Waals surface area contributed by atoms with Crippen LogP contribution in [0, 0.1) is 0 Å². The van der Waals surface area contributed by atoms with Crippen LogP contribution < -0.4 is 11.2 Å². The second-order valence-electron chi connectivity index (χ2n) is 2.21. The molecule has 0 bridgehead atoms. The zero-order valence-corrected chi connectivity index (χ0v) is 8.34. The molecule has 0 aromatic heterocycles. The zero-order chi connectivity index (χ0) is 8.97. The van der Waals surface area contributed by atoms with Gasteiger partial charge >= 0.3 is 0 Å². The number of hydrogen-bond donors (Lipinski definition) is 2. The zero-order valence-electron chi connectivity index (χ0n) is 6.70. The molecule has 4 nitrogen and oxygen atoms in total. The first kappa shape index (κ1) is 9.47. The van der Waals surface area contributed by atoms with Crippen LogP contribution in [0.15, 0.2) is 10.1 Å². The van der Waals surface area contributed by atoms with E-state index in [1.807, 2.05) is 6.92 Å². The minimum absolute atomic E-state index is 0.179. The van der Waals surface area contributed by atoms with Gasteiger partial charge in [-0.15, -0.1) is 11.8 Å². The first-order chi connectivity index (χ1) is 5.70. The monoisotopic (exact) mass is 202 g/mol. The molecule has 6 heteroatoms. The number of thioether (sulfide) groups is 1. The average Bonchev–Trinajstić information content (AvgIpc) is 2.51. The Bertz CT molecular complexity index is 246. The number of rotatable bonds is 2. The van der Waals surface area contributed by atoms with Crippen molar-refractivity contribution < 1.29 is 0 Å². The molecule has 1 rings (SSSR count). The van der Waals surface area contributed by atoms with E-state index in [2.05, 4.69) is 27.7 Å². The van der Waals surface area contributed by atoms with E-state index in [0.29, 0.717) is 0 Å². The lowest BCUT2D eigenvalue weighted by Crippen LogP contribution is -2.26. The Labute approximate surface area is 80.7 Å². The summed E-state index contributed by atoms with van der Waals surface area (Å²) in [6, 6.07) is 0. The third-order valence-corrected chi connectivity index (χ3v) is 2.40. The van der Waals surface area contributed by atoms with Crippen molar-refractivity contribution in [2.75, 3.05) is 12.3 Å². The van der Waals surface area contributed by atoms with Gasteiger partial charge in [-0.05, 0) is 19.1 Å². The Morgan fingerprint density at radius 1 is 1.83 bits per heavy atom. The van der Waals surface area contributed by atoms with Crippen molar-refractivity contribution in [1.82, 2.24) is 5.43 Å². The van der Waals surface area contributed by atoms with Crippen LogP contribution >= 0.6 is 24.0 Å². The second-order valence-corrected chi connectivity index (χ2v) is 3.73. The maximum atomic E-state index is 5.21. The normalized spacial score (nSPS) is 17.4. The van der Waals surface area contributed by atoms with E-state index in [-0.39, 0.29) is 5.11 Å². The molecule has 0 aromatic carbocycles. The molecule has 0 radical (unpaired) electrons. The highest BCUT2D eigenvalue weighted by Crippen LogP contribution is 2.12. The molecule has 1 aliphatic heterocycles. The van der Waals surface area contributed by atoms with Crippen molar-refractivity contribution in [3.63, 3.8) is 0 Å². The van der Waals surface area contributed by atoms with Gasteiger partial charge in [0.2, 0.25) is 0 Å². The summed E-state index contributed by atoms with van der Waals surface area (Å²) in [5, 5.41) is 5.10. The molecule has 0 aliphatic carbocycles. The summed E-state index contributed by atoms with van der Waals surface area (Å²) >= 11 is 6.30. The van der Waals surface area contributed by atoms with Gasteiger partial charge in [0.25, 0.3) is 0 Å². The second kappa shape index (κ2) is 4.42. The SMILES string of the molecule is CC(=NNC(N)=S)C1=NCCS1. The summed E-state index contributed by atoms with van der Waals surface area (Å²) in [5.41, 5.74) is 8.57. The van der Waals surface area contributed by atoms with E-state index < -0.39 is 0 Å². The first-order valence-electron chi connectivity index (χ1n) is 3.47. The summed E-state index contributed by atoms with van der Waals surface area (Å²) in [4.78, 5) is 4.24. The Hall–Kier alpha value is -0.620. The fraction of sp³-hybridized carbons (Fsp3) is 0.500. The van der Waals surface area contributed by atoms with Gasteiger partial charge in [0.05, 0.1) is 5.71 Å². The number of nitrogens with zero attached hydrogens (tertiary/aromatic N) is 2. The summed E-state index contributed by atoms with van der Waals surface area (Å²) in [6.07, 6.45) is 0. The number of hydrazone groups is 1. The van der Waals surface area contributed by atoms with Crippen LogP contribution in [0.3, 0.4) is 0 Å². The van der Waals surface area contributed by atoms with E-state index in [0.717, 1.165) is 23.1 Å². The Balaban J connectivity index is 2.50. The number of hydrogen-bond acceptors (Lipinski definition) is 4. The smallest absolute Gasteiger partial charge is 0.184 e. The lowest BCUT2D eigenvalue weighted by atomic mass is 10.5. The third-order valence-electron chi connectivity index (χ3n) is 1.23. The highest BCUT2D eigenvalue weighted by atomic mass is 32.2. The summed E-state index contributed by atoms with van der Waals surface area (Å²) < 4.78 is 0. The Morgan fingerprint density at radius 2 is 2.58 bits per heavy atom. The average molecular weight is 202 g/mol. The Morgan fingerprint density at radius 3 is 3.08 bits per heavy atom. The van der Waals surface area contributed by atoms with Crippen LogP contribution in [-0.4, -0.2) is 28.2 Å². The molecular weight excluding hydrogens is 192 g/mol. The van der Waals surface area contributed by atoms with Crippen LogP contribution in [0.5, 0.6) is 0 Å². The van der Waals surface area contributed by atoms with E-state index >= 15 is 0 Å². The summed E-state index contributed by atoms with van der Waals surface area (Å²) in [5.74, 6) is 1.04. The maximum Gasteiger partial charge on any atom is 0.184 e. The first-order valence-corrected chi connectivity index (χ1v) is 4.87. The van der Waals surface area contributed by atoms with Crippen molar-refractivity contribution in [2.45, 2.75) is 6.92 Å². The highest BCUT2D eigenvalue weighted by molar-refractivity contribution is 8.16. The molecular formula is C6H10N4S2. The van der Waals surface area contributed by atoms with E-state index in [9.17, 15) is 0 Å². The van der Waals surface area contributed by atoms with E-state index in [4.69, 9.17) is 5.73 Å². The van der Waals surface area contributed by atoms with Crippen LogP contribution in [0.25, 0.3) is 0 Å². The number of thiocarbonyl (C=S) groups is 1. The van der Waals surface area contributed by atoms with Gasteiger partial charge < -0.3 is 5.73 Å². The lowest BCUT2D eigenvalue weighted by Gasteiger charge is -1.99. The minimum Gasteiger partial charge on any atom is -0.375 e. The van der Waals surface area contributed by atoms with Gasteiger partial charge in [-0.2, -0.15) is 5.10 Å². The largest absolute Gasteiger partial charge is 0.375 e. The van der Waals surface area contributed by atoms with Crippen molar-refractivity contribution in [3.05, 3.63) is 0 Å². The van der Waals surface area contributed by atoms with E-state index in [1.165, 1.54) is 0 Å². The quantitative estimate of drug-likeness (QED) is 0.385. The van der Waals surface area contributed by atoms with Crippen molar-refractivity contribution in [1.29, 1.82) is 0 Å². The van der Waals surface area contributed by atoms with Crippen LogP contribution in [0.2, 0.25) is 0 Å². The molecule has 0 unspecified atom stereocenters. The molecule has 0 fully saturated rings. The third kappa shape index (κ3) is 2.78. The fourth-order valence-corrected chi connectivity index (χ4v) is 1.60. The predicted molar refractivity (Wildman–Crippen MR) is 57.8 cm³/mol. The molecule has 66 valence electrons. The van der Waals surface area contributed by atoms with Gasteiger partial charge in [-0.3, -0.25) is 10.4 Å². The molecule has 0 saturated carbocycles. The topological polar surface area (TPSA) is 62.8 Å². The van der Waals surface area contributed by atoms with Gasteiger partial charge in [0.1, 0.15) is 5.04 Å². The van der Waals surface area contributed by atoms with Gasteiger partial charge in [0, 0.05) is 12.3 Å². The van der Waals surface area contributed by atoms with Crippen LogP contribution in [-0.2, 0) is 0 Å². The molecule has 1 heterocycles. The maximum absolute atomic E-state index is 5.21.